The van der Waals surface area contributed by atoms with Crippen molar-refractivity contribution in [1.82, 2.24) is 10.2 Å². The van der Waals surface area contributed by atoms with Crippen LogP contribution in [0.25, 0.3) is 0 Å². The lowest BCUT2D eigenvalue weighted by molar-refractivity contribution is 0.402. The number of methoxy groups -OCH3 is 1. The average Bonchev–Trinajstić information content (AvgIpc) is 3.27. The fraction of sp³-hybridized carbons (Fsp3) is 0.375. The number of ether oxygens (including phenoxy) is 1. The highest BCUT2D eigenvalue weighted by Crippen LogP contribution is 2.42. The number of anilines is 1. The second-order valence-electron chi connectivity index (χ2n) is 5.97. The van der Waals surface area contributed by atoms with Gasteiger partial charge in [-0.1, -0.05) is 6.07 Å². The first-order chi connectivity index (χ1) is 11.4. The summed E-state index contributed by atoms with van der Waals surface area (Å²) < 4.78 is 33.3. The number of nitriles is 1. The van der Waals surface area contributed by atoms with Gasteiger partial charge in [0.2, 0.25) is 0 Å². The van der Waals surface area contributed by atoms with E-state index in [0.29, 0.717) is 11.3 Å². The maximum absolute atomic E-state index is 12.8. The van der Waals surface area contributed by atoms with Crippen molar-refractivity contribution in [2.75, 3.05) is 11.8 Å². The molecular weight excluding hydrogens is 328 g/mol. The first kappa shape index (κ1) is 16.3. The zero-order chi connectivity index (χ0) is 17.5. The normalized spacial score (nSPS) is 14.2. The third kappa shape index (κ3) is 2.83. The SMILES string of the molecule is COc1cc(C)cc(C)c1S(=O)(=O)Nc1n[nH]c(C2CC2)c1C#N. The van der Waals surface area contributed by atoms with Gasteiger partial charge in [0.1, 0.15) is 22.3 Å². The van der Waals surface area contributed by atoms with Crippen LogP contribution in [0.1, 0.15) is 41.1 Å². The van der Waals surface area contributed by atoms with Crippen LogP contribution in [-0.2, 0) is 10.0 Å². The third-order valence-corrected chi connectivity index (χ3v) is 5.52. The summed E-state index contributed by atoms with van der Waals surface area (Å²) in [6.07, 6.45) is 1.96. The summed E-state index contributed by atoms with van der Waals surface area (Å²) in [4.78, 5) is 0.0514. The zero-order valence-electron chi connectivity index (χ0n) is 13.7. The smallest absolute Gasteiger partial charge is 0.267 e. The Morgan fingerprint density at radius 2 is 2.08 bits per heavy atom. The van der Waals surface area contributed by atoms with Crippen molar-refractivity contribution in [3.05, 3.63) is 34.5 Å². The second kappa shape index (κ2) is 5.83. The van der Waals surface area contributed by atoms with Gasteiger partial charge in [-0.05, 0) is 43.9 Å². The Morgan fingerprint density at radius 1 is 1.38 bits per heavy atom. The van der Waals surface area contributed by atoms with Crippen molar-refractivity contribution in [2.24, 2.45) is 0 Å². The van der Waals surface area contributed by atoms with Gasteiger partial charge in [0.15, 0.2) is 5.82 Å². The first-order valence-electron chi connectivity index (χ1n) is 7.53. The predicted molar refractivity (Wildman–Crippen MR) is 88.6 cm³/mol. The molecule has 2 aromatic rings. The van der Waals surface area contributed by atoms with E-state index >= 15 is 0 Å². The Labute approximate surface area is 140 Å². The molecule has 1 saturated carbocycles. The number of aromatic nitrogens is 2. The van der Waals surface area contributed by atoms with Crippen LogP contribution in [0.15, 0.2) is 17.0 Å². The molecule has 24 heavy (non-hydrogen) atoms. The number of sulfonamides is 1. The molecule has 7 nitrogen and oxygen atoms in total. The molecule has 3 rings (SSSR count). The molecule has 2 N–H and O–H groups in total. The van der Waals surface area contributed by atoms with Crippen LogP contribution < -0.4 is 9.46 Å². The number of aryl methyl sites for hydroxylation is 2. The van der Waals surface area contributed by atoms with Crippen molar-refractivity contribution >= 4 is 15.8 Å². The van der Waals surface area contributed by atoms with Gasteiger partial charge in [-0.15, -0.1) is 0 Å². The van der Waals surface area contributed by atoms with Gasteiger partial charge in [0.05, 0.1) is 12.8 Å². The number of benzene rings is 1. The largest absolute Gasteiger partial charge is 0.495 e. The van der Waals surface area contributed by atoms with Crippen LogP contribution in [-0.4, -0.2) is 25.7 Å². The minimum atomic E-state index is -3.94. The van der Waals surface area contributed by atoms with Gasteiger partial charge in [-0.3, -0.25) is 9.82 Å². The summed E-state index contributed by atoms with van der Waals surface area (Å²) in [5.74, 6) is 0.555. The van der Waals surface area contributed by atoms with Crippen molar-refractivity contribution in [3.63, 3.8) is 0 Å². The number of aromatic amines is 1. The van der Waals surface area contributed by atoms with E-state index in [2.05, 4.69) is 14.9 Å². The number of rotatable bonds is 5. The van der Waals surface area contributed by atoms with Crippen LogP contribution in [0.4, 0.5) is 5.82 Å². The second-order valence-corrected chi connectivity index (χ2v) is 7.58. The third-order valence-electron chi connectivity index (χ3n) is 4.00. The molecular formula is C16H18N4O3S. The summed E-state index contributed by atoms with van der Waals surface area (Å²) >= 11 is 0. The van der Waals surface area contributed by atoms with Crippen molar-refractivity contribution in [2.45, 2.75) is 37.5 Å². The molecule has 0 atom stereocenters. The van der Waals surface area contributed by atoms with Crippen molar-refractivity contribution in [1.29, 1.82) is 5.26 Å². The van der Waals surface area contributed by atoms with E-state index in [1.165, 1.54) is 7.11 Å². The Hall–Kier alpha value is -2.53. The van der Waals surface area contributed by atoms with Gasteiger partial charge < -0.3 is 4.74 Å². The van der Waals surface area contributed by atoms with Gasteiger partial charge >= 0.3 is 0 Å². The zero-order valence-corrected chi connectivity index (χ0v) is 14.5. The topological polar surface area (TPSA) is 108 Å². The van der Waals surface area contributed by atoms with Gasteiger partial charge in [0.25, 0.3) is 10.0 Å². The van der Waals surface area contributed by atoms with Crippen LogP contribution in [0.5, 0.6) is 5.75 Å². The van der Waals surface area contributed by atoms with E-state index in [9.17, 15) is 13.7 Å². The minimum absolute atomic E-state index is 0.0291. The molecule has 0 bridgehead atoms. The van der Waals surface area contributed by atoms with Gasteiger partial charge in [-0.2, -0.15) is 10.4 Å². The summed E-state index contributed by atoms with van der Waals surface area (Å²) in [5.41, 5.74) is 2.42. The fourth-order valence-electron chi connectivity index (χ4n) is 2.80. The predicted octanol–water partition coefficient (Wildman–Crippen LogP) is 2.59. The quantitative estimate of drug-likeness (QED) is 0.865. The summed E-state index contributed by atoms with van der Waals surface area (Å²) in [5, 5.41) is 16.1. The van der Waals surface area contributed by atoms with E-state index in [1.807, 2.05) is 13.0 Å². The Balaban J connectivity index is 2.03. The number of nitrogens with one attached hydrogen (secondary N) is 2. The maximum atomic E-state index is 12.8. The highest BCUT2D eigenvalue weighted by Gasteiger charge is 2.32. The highest BCUT2D eigenvalue weighted by atomic mass is 32.2. The molecule has 1 aliphatic carbocycles. The number of hydrogen-bond donors (Lipinski definition) is 2. The highest BCUT2D eigenvalue weighted by molar-refractivity contribution is 7.92. The standard InChI is InChI=1S/C16H18N4O3S/c1-9-6-10(2)15(13(7-9)23-3)24(21,22)20-16-12(8-17)14(18-19-16)11-4-5-11/h6-7,11H,4-5H2,1-3H3,(H2,18,19,20). The molecule has 0 radical (unpaired) electrons. The molecule has 1 heterocycles. The fourth-order valence-corrected chi connectivity index (χ4v) is 4.19. The van der Waals surface area contributed by atoms with Gasteiger partial charge in [-0.25, -0.2) is 8.42 Å². The Bertz CT molecular complexity index is 937. The molecule has 1 fully saturated rings. The lowest BCUT2D eigenvalue weighted by atomic mass is 10.1. The molecule has 0 aliphatic heterocycles. The van der Waals surface area contributed by atoms with E-state index in [1.54, 1.807) is 19.1 Å². The van der Waals surface area contributed by atoms with Gasteiger partial charge in [0, 0.05) is 5.92 Å². The lowest BCUT2D eigenvalue weighted by Crippen LogP contribution is -2.16. The summed E-state index contributed by atoms with van der Waals surface area (Å²) in [7, 11) is -2.51. The number of H-pyrrole nitrogens is 1. The van der Waals surface area contributed by atoms with E-state index < -0.39 is 10.0 Å². The molecule has 0 saturated heterocycles. The molecule has 0 spiro atoms. The van der Waals surface area contributed by atoms with E-state index in [0.717, 1.165) is 18.4 Å². The number of hydrogen-bond acceptors (Lipinski definition) is 5. The van der Waals surface area contributed by atoms with Crippen LogP contribution >= 0.6 is 0 Å². The Morgan fingerprint density at radius 3 is 2.67 bits per heavy atom. The molecule has 1 aliphatic rings. The maximum Gasteiger partial charge on any atom is 0.267 e. The molecule has 1 aromatic carbocycles. The Kier molecular flexibility index (Phi) is 3.97. The summed E-state index contributed by atoms with van der Waals surface area (Å²) in [6.45, 7) is 3.57. The average molecular weight is 346 g/mol. The van der Waals surface area contributed by atoms with E-state index in [4.69, 9.17) is 4.74 Å². The monoisotopic (exact) mass is 346 g/mol. The molecule has 0 unspecified atom stereocenters. The number of nitrogens with zero attached hydrogens (tertiary/aromatic N) is 2. The molecule has 1 aromatic heterocycles. The van der Waals surface area contributed by atoms with Crippen molar-refractivity contribution < 1.29 is 13.2 Å². The summed E-state index contributed by atoms with van der Waals surface area (Å²) in [6, 6.07) is 5.47. The molecule has 8 heteroatoms. The van der Waals surface area contributed by atoms with Crippen LogP contribution in [0.3, 0.4) is 0 Å². The molecule has 0 amide bonds. The van der Waals surface area contributed by atoms with Crippen LogP contribution in [0.2, 0.25) is 0 Å². The molecule has 126 valence electrons. The van der Waals surface area contributed by atoms with Crippen LogP contribution in [0, 0.1) is 25.2 Å². The van der Waals surface area contributed by atoms with Crippen molar-refractivity contribution in [3.8, 4) is 11.8 Å². The van der Waals surface area contributed by atoms with E-state index in [-0.39, 0.29) is 27.9 Å². The first-order valence-corrected chi connectivity index (χ1v) is 9.02. The lowest BCUT2D eigenvalue weighted by Gasteiger charge is -2.14. The minimum Gasteiger partial charge on any atom is -0.495 e.